The Balaban J connectivity index is 1.98. The standard InChI is InChI=1S/C20H17BrFNO4/c1-3-25-17-11-12(9-14(21)18(17)26-4-2)10-16-20(24)27-19(23-16)13-7-5-6-8-15(13)22/h5-11H,3-4H2,1-2H3. The van der Waals surface area contributed by atoms with E-state index < -0.39 is 11.8 Å². The van der Waals surface area contributed by atoms with Gasteiger partial charge in [0.15, 0.2) is 17.2 Å². The van der Waals surface area contributed by atoms with Crippen molar-refractivity contribution in [3.63, 3.8) is 0 Å². The molecule has 2 aromatic carbocycles. The van der Waals surface area contributed by atoms with Crippen LogP contribution in [0.4, 0.5) is 4.39 Å². The van der Waals surface area contributed by atoms with Crippen molar-refractivity contribution in [2.24, 2.45) is 4.99 Å². The van der Waals surface area contributed by atoms with Crippen LogP contribution in [0.5, 0.6) is 11.5 Å². The highest BCUT2D eigenvalue weighted by Crippen LogP contribution is 2.37. The van der Waals surface area contributed by atoms with Gasteiger partial charge in [-0.1, -0.05) is 12.1 Å². The minimum atomic E-state index is -0.642. The normalized spacial score (nSPS) is 14.9. The second-order valence-corrected chi connectivity index (χ2v) is 6.37. The second-order valence-electron chi connectivity index (χ2n) is 5.51. The number of ether oxygens (including phenoxy) is 3. The fourth-order valence-corrected chi connectivity index (χ4v) is 3.11. The van der Waals surface area contributed by atoms with Gasteiger partial charge in [-0.25, -0.2) is 14.2 Å². The van der Waals surface area contributed by atoms with Gasteiger partial charge in [-0.15, -0.1) is 0 Å². The molecule has 0 aromatic heterocycles. The first-order chi connectivity index (χ1) is 13.0. The monoisotopic (exact) mass is 433 g/mol. The van der Waals surface area contributed by atoms with Crippen LogP contribution in [0.15, 0.2) is 51.6 Å². The first-order valence-electron chi connectivity index (χ1n) is 8.40. The highest BCUT2D eigenvalue weighted by Gasteiger charge is 2.26. The minimum Gasteiger partial charge on any atom is -0.490 e. The summed E-state index contributed by atoms with van der Waals surface area (Å²) in [4.78, 5) is 16.3. The Morgan fingerprint density at radius 3 is 2.63 bits per heavy atom. The van der Waals surface area contributed by atoms with Gasteiger partial charge in [-0.2, -0.15) is 0 Å². The third-order valence-electron chi connectivity index (χ3n) is 3.65. The van der Waals surface area contributed by atoms with E-state index >= 15 is 0 Å². The Bertz CT molecular complexity index is 940. The summed E-state index contributed by atoms with van der Waals surface area (Å²) >= 11 is 3.46. The van der Waals surface area contributed by atoms with Crippen molar-refractivity contribution < 1.29 is 23.4 Å². The smallest absolute Gasteiger partial charge is 0.363 e. The molecule has 2 aromatic rings. The van der Waals surface area contributed by atoms with Crippen LogP contribution in [0.25, 0.3) is 6.08 Å². The number of cyclic esters (lactones) is 1. The molecule has 0 radical (unpaired) electrons. The predicted octanol–water partition coefficient (Wildman–Crippen LogP) is 4.73. The Morgan fingerprint density at radius 2 is 1.93 bits per heavy atom. The molecule has 0 fully saturated rings. The van der Waals surface area contributed by atoms with Crippen LogP contribution < -0.4 is 9.47 Å². The highest BCUT2D eigenvalue weighted by atomic mass is 79.9. The molecule has 0 atom stereocenters. The first-order valence-corrected chi connectivity index (χ1v) is 9.19. The number of hydrogen-bond donors (Lipinski definition) is 0. The van der Waals surface area contributed by atoms with Crippen molar-refractivity contribution in [3.8, 4) is 11.5 Å². The summed E-state index contributed by atoms with van der Waals surface area (Å²) in [6.07, 6.45) is 1.55. The maximum Gasteiger partial charge on any atom is 0.363 e. The number of carbonyl (C=O) groups is 1. The zero-order valence-corrected chi connectivity index (χ0v) is 16.4. The fraction of sp³-hybridized carbons (Fsp3) is 0.200. The largest absolute Gasteiger partial charge is 0.490 e. The Kier molecular flexibility index (Phi) is 5.91. The van der Waals surface area contributed by atoms with E-state index in [-0.39, 0.29) is 17.2 Å². The molecular formula is C20H17BrFNO4. The molecule has 5 nitrogen and oxygen atoms in total. The van der Waals surface area contributed by atoms with Crippen LogP contribution >= 0.6 is 15.9 Å². The average Bonchev–Trinajstić information content (AvgIpc) is 2.99. The molecule has 0 aliphatic carbocycles. The van der Waals surface area contributed by atoms with Crippen LogP contribution in [-0.2, 0) is 9.53 Å². The summed E-state index contributed by atoms with van der Waals surface area (Å²) in [5.41, 5.74) is 0.878. The van der Waals surface area contributed by atoms with Gasteiger partial charge in [-0.05, 0) is 65.7 Å². The van der Waals surface area contributed by atoms with E-state index in [0.717, 1.165) is 0 Å². The number of esters is 1. The van der Waals surface area contributed by atoms with E-state index in [4.69, 9.17) is 14.2 Å². The SMILES string of the molecule is CCOc1cc(C=C2N=C(c3ccccc3F)OC2=O)cc(Br)c1OCC. The molecule has 0 amide bonds. The lowest BCUT2D eigenvalue weighted by atomic mass is 10.1. The maximum absolute atomic E-state index is 13.9. The third kappa shape index (κ3) is 4.19. The average molecular weight is 434 g/mol. The van der Waals surface area contributed by atoms with E-state index in [2.05, 4.69) is 20.9 Å². The van der Waals surface area contributed by atoms with Gasteiger partial charge in [0.25, 0.3) is 0 Å². The molecule has 7 heteroatoms. The molecule has 0 spiro atoms. The van der Waals surface area contributed by atoms with Crippen molar-refractivity contribution in [1.82, 2.24) is 0 Å². The molecule has 0 saturated heterocycles. The van der Waals surface area contributed by atoms with Gasteiger partial charge >= 0.3 is 5.97 Å². The lowest BCUT2D eigenvalue weighted by molar-refractivity contribution is -0.129. The summed E-state index contributed by atoms with van der Waals surface area (Å²) in [6, 6.07) is 9.52. The van der Waals surface area contributed by atoms with Gasteiger partial charge in [0.2, 0.25) is 5.90 Å². The van der Waals surface area contributed by atoms with E-state index in [1.807, 2.05) is 13.8 Å². The molecule has 3 rings (SSSR count). The van der Waals surface area contributed by atoms with Gasteiger partial charge in [0.05, 0.1) is 23.2 Å². The first kappa shape index (κ1) is 19.1. The summed E-state index contributed by atoms with van der Waals surface area (Å²) in [6.45, 7) is 4.70. The number of rotatable bonds is 6. The van der Waals surface area contributed by atoms with E-state index in [1.165, 1.54) is 12.1 Å². The summed E-state index contributed by atoms with van der Waals surface area (Å²) in [7, 11) is 0. The number of benzene rings is 2. The van der Waals surface area contributed by atoms with E-state index in [0.29, 0.717) is 34.7 Å². The van der Waals surface area contributed by atoms with Gasteiger partial charge in [0.1, 0.15) is 5.82 Å². The zero-order valence-electron chi connectivity index (χ0n) is 14.8. The quantitative estimate of drug-likeness (QED) is 0.487. The van der Waals surface area contributed by atoms with Crippen molar-refractivity contribution in [1.29, 1.82) is 0 Å². The second kappa shape index (κ2) is 8.35. The Labute approximate surface area is 164 Å². The van der Waals surface area contributed by atoms with E-state index in [1.54, 1.807) is 30.3 Å². The summed E-state index contributed by atoms with van der Waals surface area (Å²) in [5.74, 6) is -0.0698. The van der Waals surface area contributed by atoms with Crippen molar-refractivity contribution in [2.75, 3.05) is 13.2 Å². The lowest BCUT2D eigenvalue weighted by Crippen LogP contribution is -2.07. The fourth-order valence-electron chi connectivity index (χ4n) is 2.54. The van der Waals surface area contributed by atoms with Gasteiger partial charge in [0, 0.05) is 0 Å². The van der Waals surface area contributed by atoms with Crippen LogP contribution in [0.1, 0.15) is 25.0 Å². The summed E-state index contributed by atoms with van der Waals surface area (Å²) in [5, 5.41) is 0. The van der Waals surface area contributed by atoms with Crippen LogP contribution in [0, 0.1) is 5.82 Å². The summed E-state index contributed by atoms with van der Waals surface area (Å²) < 4.78 is 30.9. The molecule has 140 valence electrons. The molecular weight excluding hydrogens is 417 g/mol. The molecule has 1 heterocycles. The Morgan fingerprint density at radius 1 is 1.19 bits per heavy atom. The zero-order chi connectivity index (χ0) is 19.4. The lowest BCUT2D eigenvalue weighted by Gasteiger charge is -2.13. The van der Waals surface area contributed by atoms with Gasteiger partial charge in [-0.3, -0.25) is 0 Å². The molecule has 1 aliphatic rings. The number of nitrogens with zero attached hydrogens (tertiary/aromatic N) is 1. The number of aliphatic imine (C=N–C) groups is 1. The molecule has 0 N–H and O–H groups in total. The van der Waals surface area contributed by atoms with E-state index in [9.17, 15) is 9.18 Å². The van der Waals surface area contributed by atoms with Gasteiger partial charge < -0.3 is 14.2 Å². The Hall–Kier alpha value is -2.67. The maximum atomic E-state index is 13.9. The van der Waals surface area contributed by atoms with Crippen LogP contribution in [-0.4, -0.2) is 25.1 Å². The van der Waals surface area contributed by atoms with Crippen LogP contribution in [0.2, 0.25) is 0 Å². The third-order valence-corrected chi connectivity index (χ3v) is 4.24. The molecule has 1 aliphatic heterocycles. The molecule has 27 heavy (non-hydrogen) atoms. The number of carbonyl (C=O) groups excluding carboxylic acids is 1. The molecule has 0 saturated carbocycles. The predicted molar refractivity (Wildman–Crippen MR) is 103 cm³/mol. The number of hydrogen-bond acceptors (Lipinski definition) is 5. The minimum absolute atomic E-state index is 0.0561. The van der Waals surface area contributed by atoms with Crippen LogP contribution in [0.3, 0.4) is 0 Å². The topological polar surface area (TPSA) is 57.1 Å². The van der Waals surface area contributed by atoms with Crippen molar-refractivity contribution >= 4 is 33.9 Å². The number of halogens is 2. The molecule has 0 bridgehead atoms. The molecule has 0 unspecified atom stereocenters. The van der Waals surface area contributed by atoms with Crippen molar-refractivity contribution in [2.45, 2.75) is 13.8 Å². The van der Waals surface area contributed by atoms with Crippen molar-refractivity contribution in [3.05, 3.63) is 63.5 Å². The highest BCUT2D eigenvalue weighted by molar-refractivity contribution is 9.10.